The maximum absolute atomic E-state index is 13.0. The van der Waals surface area contributed by atoms with Crippen LogP contribution in [0.2, 0.25) is 0 Å². The van der Waals surface area contributed by atoms with Crippen molar-refractivity contribution in [1.29, 1.82) is 0 Å². The fourth-order valence-corrected chi connectivity index (χ4v) is 4.30. The number of hydrogen-bond acceptors (Lipinski definition) is 5. The molecule has 1 fully saturated rings. The number of urea groups is 1. The molecule has 0 radical (unpaired) electrons. The zero-order valence-electron chi connectivity index (χ0n) is 15.0. The first-order chi connectivity index (χ1) is 13.0. The number of esters is 1. The minimum Gasteiger partial charge on any atom is -0.459 e. The zero-order valence-corrected chi connectivity index (χ0v) is 16.6. The van der Waals surface area contributed by atoms with Gasteiger partial charge in [0.15, 0.2) is 11.5 Å². The second-order valence-electron chi connectivity index (χ2n) is 6.96. The van der Waals surface area contributed by atoms with E-state index in [-0.39, 0.29) is 18.9 Å². The van der Waals surface area contributed by atoms with E-state index in [4.69, 9.17) is 14.2 Å². The molecule has 1 aromatic rings. The van der Waals surface area contributed by atoms with E-state index in [1.807, 2.05) is 0 Å². The van der Waals surface area contributed by atoms with Gasteiger partial charge in [0.05, 0.1) is 11.6 Å². The first-order valence-corrected chi connectivity index (χ1v) is 9.90. The van der Waals surface area contributed by atoms with Crippen molar-refractivity contribution in [2.24, 2.45) is 0 Å². The van der Waals surface area contributed by atoms with Crippen LogP contribution in [0.1, 0.15) is 50.6 Å². The summed E-state index contributed by atoms with van der Waals surface area (Å²) in [6, 6.07) is 2.56. The van der Waals surface area contributed by atoms with Crippen molar-refractivity contribution < 1.29 is 23.8 Å². The number of rotatable bonds is 3. The van der Waals surface area contributed by atoms with E-state index in [0.717, 1.165) is 30.2 Å². The molecule has 1 saturated carbocycles. The maximum atomic E-state index is 13.0. The van der Waals surface area contributed by atoms with Crippen molar-refractivity contribution in [3.05, 3.63) is 33.4 Å². The molecule has 0 unspecified atom stereocenters. The smallest absolute Gasteiger partial charge is 0.338 e. The topological polar surface area (TPSA) is 85.9 Å². The molecule has 2 N–H and O–H groups in total. The fraction of sp³-hybridized carbons (Fsp3) is 0.474. The summed E-state index contributed by atoms with van der Waals surface area (Å²) >= 11 is 3.52. The van der Waals surface area contributed by atoms with Gasteiger partial charge in [0.1, 0.15) is 6.10 Å². The highest BCUT2D eigenvalue weighted by atomic mass is 79.9. The van der Waals surface area contributed by atoms with Crippen molar-refractivity contribution in [2.45, 2.75) is 51.2 Å². The van der Waals surface area contributed by atoms with Crippen LogP contribution in [0.15, 0.2) is 27.9 Å². The van der Waals surface area contributed by atoms with Crippen molar-refractivity contribution in [1.82, 2.24) is 10.6 Å². The standard InChI is InChI=1S/C19H21BrN2O5/c1-10-16(18(23)27-11-5-3-2-4-6-11)17(22-19(24)21-10)12-7-14-15(8-13(12)20)26-9-25-14/h7-8,11,17H,2-6,9H2,1H3,(H2,21,22,24)/t17-/m0/s1. The lowest BCUT2D eigenvalue weighted by Crippen LogP contribution is -2.45. The molecule has 0 saturated heterocycles. The Hall–Kier alpha value is -2.22. The monoisotopic (exact) mass is 436 g/mol. The number of ether oxygens (including phenoxy) is 3. The minimum atomic E-state index is -0.640. The van der Waals surface area contributed by atoms with Gasteiger partial charge in [-0.2, -0.15) is 0 Å². The largest absolute Gasteiger partial charge is 0.459 e. The van der Waals surface area contributed by atoms with Crippen LogP contribution in [-0.4, -0.2) is 24.9 Å². The van der Waals surface area contributed by atoms with Crippen LogP contribution < -0.4 is 20.1 Å². The fourth-order valence-electron chi connectivity index (χ4n) is 3.75. The molecule has 0 bridgehead atoms. The molecule has 0 aromatic heterocycles. The van der Waals surface area contributed by atoms with Gasteiger partial charge >= 0.3 is 12.0 Å². The quantitative estimate of drug-likeness (QED) is 0.705. The number of benzene rings is 1. The van der Waals surface area contributed by atoms with Gasteiger partial charge in [0.2, 0.25) is 6.79 Å². The lowest BCUT2D eigenvalue weighted by molar-refractivity contribution is -0.146. The van der Waals surface area contributed by atoms with Crippen molar-refractivity contribution >= 4 is 27.9 Å². The molecular formula is C19H21BrN2O5. The molecule has 2 heterocycles. The van der Waals surface area contributed by atoms with Crippen LogP contribution in [0.4, 0.5) is 4.79 Å². The number of carbonyl (C=O) groups excluding carboxylic acids is 2. The molecule has 4 rings (SSSR count). The normalized spacial score (nSPS) is 22.3. The number of allylic oxidation sites excluding steroid dienone is 1. The van der Waals surface area contributed by atoms with Gasteiger partial charge in [0, 0.05) is 10.2 Å². The minimum absolute atomic E-state index is 0.0648. The van der Waals surface area contributed by atoms with Crippen LogP contribution in [0, 0.1) is 0 Å². The molecule has 3 aliphatic rings. The number of carbonyl (C=O) groups is 2. The second kappa shape index (κ2) is 7.42. The average molecular weight is 437 g/mol. The molecule has 144 valence electrons. The molecule has 8 heteroatoms. The van der Waals surface area contributed by atoms with E-state index >= 15 is 0 Å². The summed E-state index contributed by atoms with van der Waals surface area (Å²) in [6.07, 6.45) is 5.03. The highest BCUT2D eigenvalue weighted by molar-refractivity contribution is 9.10. The maximum Gasteiger partial charge on any atom is 0.338 e. The Kier molecular flexibility index (Phi) is 4.99. The molecule has 1 aromatic carbocycles. The van der Waals surface area contributed by atoms with Crippen LogP contribution in [-0.2, 0) is 9.53 Å². The van der Waals surface area contributed by atoms with Gasteiger partial charge in [0.25, 0.3) is 0 Å². The van der Waals surface area contributed by atoms with Crippen LogP contribution in [0.5, 0.6) is 11.5 Å². The van der Waals surface area contributed by atoms with E-state index < -0.39 is 12.0 Å². The summed E-state index contributed by atoms with van der Waals surface area (Å²) in [7, 11) is 0. The van der Waals surface area contributed by atoms with E-state index in [1.54, 1.807) is 19.1 Å². The summed E-state index contributed by atoms with van der Waals surface area (Å²) < 4.78 is 17.3. The van der Waals surface area contributed by atoms with E-state index in [1.165, 1.54) is 6.42 Å². The number of amides is 2. The van der Waals surface area contributed by atoms with Crippen molar-refractivity contribution in [3.63, 3.8) is 0 Å². The summed E-state index contributed by atoms with van der Waals surface area (Å²) in [4.78, 5) is 25.1. The molecule has 1 aliphatic carbocycles. The number of nitrogens with one attached hydrogen (secondary N) is 2. The van der Waals surface area contributed by atoms with E-state index in [2.05, 4.69) is 26.6 Å². The predicted molar refractivity (Wildman–Crippen MR) is 100 cm³/mol. The molecule has 1 atom stereocenters. The van der Waals surface area contributed by atoms with E-state index in [0.29, 0.717) is 28.3 Å². The summed E-state index contributed by atoms with van der Waals surface area (Å²) in [5.41, 5.74) is 1.61. The third-order valence-electron chi connectivity index (χ3n) is 5.12. The number of hydrogen-bond donors (Lipinski definition) is 2. The van der Waals surface area contributed by atoms with Crippen LogP contribution in [0.3, 0.4) is 0 Å². The third kappa shape index (κ3) is 3.63. The van der Waals surface area contributed by atoms with Crippen molar-refractivity contribution in [2.75, 3.05) is 6.79 Å². The Labute approximate surface area is 165 Å². The van der Waals surface area contributed by atoms with Gasteiger partial charge in [-0.3, -0.25) is 0 Å². The van der Waals surface area contributed by atoms with Gasteiger partial charge < -0.3 is 24.8 Å². The van der Waals surface area contributed by atoms with Gasteiger partial charge in [-0.25, -0.2) is 9.59 Å². The summed E-state index contributed by atoms with van der Waals surface area (Å²) in [5.74, 6) is 0.804. The number of halogens is 1. The van der Waals surface area contributed by atoms with Gasteiger partial charge in [-0.1, -0.05) is 22.4 Å². The Morgan fingerprint density at radius 2 is 1.89 bits per heavy atom. The zero-order chi connectivity index (χ0) is 19.0. The molecule has 2 aliphatic heterocycles. The Bertz CT molecular complexity index is 817. The SMILES string of the molecule is CC1=C(C(=O)OC2CCCCC2)[C@H](c2cc3c(cc2Br)OCO3)NC(=O)N1. The van der Waals surface area contributed by atoms with Crippen LogP contribution >= 0.6 is 15.9 Å². The Morgan fingerprint density at radius 1 is 1.19 bits per heavy atom. The van der Waals surface area contributed by atoms with Gasteiger partial charge in [-0.15, -0.1) is 0 Å². The Balaban J connectivity index is 1.66. The summed E-state index contributed by atoms with van der Waals surface area (Å²) in [6.45, 7) is 1.86. The highest BCUT2D eigenvalue weighted by Gasteiger charge is 2.35. The average Bonchev–Trinajstić information content (AvgIpc) is 3.08. The first kappa shape index (κ1) is 18.2. The molecule has 2 amide bonds. The Morgan fingerprint density at radius 3 is 2.63 bits per heavy atom. The van der Waals surface area contributed by atoms with Crippen molar-refractivity contribution in [3.8, 4) is 11.5 Å². The first-order valence-electron chi connectivity index (χ1n) is 9.11. The third-order valence-corrected chi connectivity index (χ3v) is 5.80. The van der Waals surface area contributed by atoms with E-state index in [9.17, 15) is 9.59 Å². The lowest BCUT2D eigenvalue weighted by Gasteiger charge is -2.30. The number of fused-ring (bicyclic) bond motifs is 1. The molecule has 0 spiro atoms. The second-order valence-corrected chi connectivity index (χ2v) is 7.82. The highest BCUT2D eigenvalue weighted by Crippen LogP contribution is 2.41. The molecule has 27 heavy (non-hydrogen) atoms. The van der Waals surface area contributed by atoms with Crippen LogP contribution in [0.25, 0.3) is 0 Å². The summed E-state index contributed by atoms with van der Waals surface area (Å²) in [5, 5.41) is 5.50. The lowest BCUT2D eigenvalue weighted by atomic mass is 9.94. The molecule has 7 nitrogen and oxygen atoms in total. The van der Waals surface area contributed by atoms with Gasteiger partial charge in [-0.05, 0) is 50.3 Å². The predicted octanol–water partition coefficient (Wildman–Crippen LogP) is 3.68. The molecular weight excluding hydrogens is 416 g/mol.